The second kappa shape index (κ2) is 8.21. The van der Waals surface area contributed by atoms with Gasteiger partial charge in [0.15, 0.2) is 0 Å². The van der Waals surface area contributed by atoms with Crippen LogP contribution < -0.4 is 10.6 Å². The predicted octanol–water partition coefficient (Wildman–Crippen LogP) is 3.70. The molecule has 108 valence electrons. The van der Waals surface area contributed by atoms with Gasteiger partial charge in [-0.05, 0) is 43.4 Å². The highest BCUT2D eigenvalue weighted by molar-refractivity contribution is 5.89. The molecule has 2 N–H and O–H groups in total. The van der Waals surface area contributed by atoms with Crippen molar-refractivity contribution in [2.45, 2.75) is 46.1 Å². The van der Waals surface area contributed by atoms with Gasteiger partial charge in [-0.15, -0.1) is 0 Å². The summed E-state index contributed by atoms with van der Waals surface area (Å²) in [7, 11) is 0. The van der Waals surface area contributed by atoms with E-state index in [0.29, 0.717) is 12.3 Å². The molecule has 1 atom stereocenters. The van der Waals surface area contributed by atoms with Crippen LogP contribution in [0, 0.1) is 17.2 Å². The summed E-state index contributed by atoms with van der Waals surface area (Å²) >= 11 is 0. The van der Waals surface area contributed by atoms with Gasteiger partial charge < -0.3 is 10.6 Å². The van der Waals surface area contributed by atoms with E-state index in [1.807, 2.05) is 31.2 Å². The topological polar surface area (TPSA) is 64.9 Å². The first-order valence-corrected chi connectivity index (χ1v) is 7.04. The summed E-state index contributed by atoms with van der Waals surface area (Å²) in [5, 5.41) is 14.3. The number of nitrogens with zero attached hydrogens (tertiary/aromatic N) is 1. The van der Waals surface area contributed by atoms with Crippen molar-refractivity contribution in [3.63, 3.8) is 0 Å². The van der Waals surface area contributed by atoms with Gasteiger partial charge in [0, 0.05) is 11.7 Å². The Labute approximate surface area is 121 Å². The van der Waals surface area contributed by atoms with Crippen LogP contribution in [0.1, 0.15) is 39.2 Å². The molecular formula is C16H23N3O. The summed E-state index contributed by atoms with van der Waals surface area (Å²) in [6.07, 6.45) is 2.47. The first-order valence-electron chi connectivity index (χ1n) is 7.04. The quantitative estimate of drug-likeness (QED) is 0.830. The average molecular weight is 273 g/mol. The third-order valence-corrected chi connectivity index (χ3v) is 3.05. The third-order valence-electron chi connectivity index (χ3n) is 3.05. The average Bonchev–Trinajstić information content (AvgIpc) is 2.39. The molecule has 1 aromatic rings. The fourth-order valence-corrected chi connectivity index (χ4v) is 1.84. The molecule has 2 amide bonds. The van der Waals surface area contributed by atoms with Gasteiger partial charge >= 0.3 is 6.03 Å². The molecule has 0 bridgehead atoms. The number of nitriles is 1. The maximum Gasteiger partial charge on any atom is 0.319 e. The third kappa shape index (κ3) is 6.24. The van der Waals surface area contributed by atoms with Gasteiger partial charge in [-0.2, -0.15) is 5.26 Å². The van der Waals surface area contributed by atoms with Crippen LogP contribution in [-0.2, 0) is 6.42 Å². The molecule has 0 saturated heterocycles. The molecule has 0 aliphatic carbocycles. The zero-order valence-corrected chi connectivity index (χ0v) is 12.4. The lowest BCUT2D eigenvalue weighted by atomic mass is 10.0. The highest BCUT2D eigenvalue weighted by Crippen LogP contribution is 2.10. The molecule has 1 rings (SSSR count). The van der Waals surface area contributed by atoms with Gasteiger partial charge in [0.25, 0.3) is 0 Å². The largest absolute Gasteiger partial charge is 0.335 e. The van der Waals surface area contributed by atoms with Crippen LogP contribution in [0.3, 0.4) is 0 Å². The molecule has 1 unspecified atom stereocenters. The molecule has 20 heavy (non-hydrogen) atoms. The lowest BCUT2D eigenvalue weighted by Gasteiger charge is -2.15. The molecule has 0 aliphatic rings. The highest BCUT2D eigenvalue weighted by atomic mass is 16.2. The predicted molar refractivity (Wildman–Crippen MR) is 81.4 cm³/mol. The molecule has 4 nitrogen and oxygen atoms in total. The van der Waals surface area contributed by atoms with Crippen molar-refractivity contribution in [3.05, 3.63) is 29.8 Å². The standard InChI is InChI=1S/C16H23N3O/c1-12(2)4-5-13(3)18-16(20)19-15-8-6-14(7-9-15)10-11-17/h6-9,12-13H,4-5,10H2,1-3H3,(H2,18,19,20). The SMILES string of the molecule is CC(C)CCC(C)NC(=O)Nc1ccc(CC#N)cc1. The molecule has 1 aromatic carbocycles. The van der Waals surface area contributed by atoms with Crippen molar-refractivity contribution in [2.75, 3.05) is 5.32 Å². The van der Waals surface area contributed by atoms with E-state index in [1.165, 1.54) is 0 Å². The van der Waals surface area contributed by atoms with Crippen LogP contribution in [-0.4, -0.2) is 12.1 Å². The lowest BCUT2D eigenvalue weighted by Crippen LogP contribution is -2.36. The van der Waals surface area contributed by atoms with E-state index in [9.17, 15) is 4.79 Å². The molecule has 0 fully saturated rings. The van der Waals surface area contributed by atoms with Crippen molar-refractivity contribution >= 4 is 11.7 Å². The summed E-state index contributed by atoms with van der Waals surface area (Å²) < 4.78 is 0. The highest BCUT2D eigenvalue weighted by Gasteiger charge is 2.08. The van der Waals surface area contributed by atoms with E-state index in [-0.39, 0.29) is 12.1 Å². The number of nitrogens with one attached hydrogen (secondary N) is 2. The number of rotatable bonds is 6. The fraction of sp³-hybridized carbons (Fsp3) is 0.500. The van der Waals surface area contributed by atoms with Gasteiger partial charge in [-0.3, -0.25) is 0 Å². The Morgan fingerprint density at radius 1 is 1.20 bits per heavy atom. The van der Waals surface area contributed by atoms with Crippen molar-refractivity contribution in [3.8, 4) is 6.07 Å². The van der Waals surface area contributed by atoms with E-state index in [0.717, 1.165) is 24.1 Å². The van der Waals surface area contributed by atoms with Crippen molar-refractivity contribution < 1.29 is 4.79 Å². The summed E-state index contributed by atoms with van der Waals surface area (Å²) in [5.41, 5.74) is 1.68. The number of anilines is 1. The maximum atomic E-state index is 11.8. The van der Waals surface area contributed by atoms with Gasteiger partial charge in [0.1, 0.15) is 0 Å². The molecule has 0 spiro atoms. The Bertz CT molecular complexity index is 460. The normalized spacial score (nSPS) is 11.8. The van der Waals surface area contributed by atoms with Crippen LogP contribution in [0.5, 0.6) is 0 Å². The first-order chi connectivity index (χ1) is 9.51. The molecule has 0 heterocycles. The molecule has 0 aliphatic heterocycles. The molecular weight excluding hydrogens is 250 g/mol. The van der Waals surface area contributed by atoms with E-state index in [2.05, 4.69) is 30.6 Å². The molecule has 0 radical (unpaired) electrons. The van der Waals surface area contributed by atoms with Gasteiger partial charge in [0.05, 0.1) is 12.5 Å². The molecule has 0 aromatic heterocycles. The fourth-order valence-electron chi connectivity index (χ4n) is 1.84. The second-order valence-corrected chi connectivity index (χ2v) is 5.50. The second-order valence-electron chi connectivity index (χ2n) is 5.50. The van der Waals surface area contributed by atoms with Crippen molar-refractivity contribution in [1.82, 2.24) is 5.32 Å². The van der Waals surface area contributed by atoms with Gasteiger partial charge in [0.2, 0.25) is 0 Å². The Balaban J connectivity index is 2.40. The monoisotopic (exact) mass is 273 g/mol. The lowest BCUT2D eigenvalue weighted by molar-refractivity contribution is 0.248. The summed E-state index contributed by atoms with van der Waals surface area (Å²) in [6.45, 7) is 6.36. The minimum absolute atomic E-state index is 0.162. The first kappa shape index (κ1) is 16.0. The number of carbonyl (C=O) groups is 1. The maximum absolute atomic E-state index is 11.8. The number of urea groups is 1. The number of amides is 2. The smallest absolute Gasteiger partial charge is 0.319 e. The Kier molecular flexibility index (Phi) is 6.58. The number of benzene rings is 1. The van der Waals surface area contributed by atoms with E-state index in [1.54, 1.807) is 0 Å². The van der Waals surface area contributed by atoms with Crippen molar-refractivity contribution in [2.24, 2.45) is 5.92 Å². The minimum Gasteiger partial charge on any atom is -0.335 e. The summed E-state index contributed by atoms with van der Waals surface area (Å²) in [4.78, 5) is 11.8. The number of hydrogen-bond donors (Lipinski definition) is 2. The van der Waals surface area contributed by atoms with Crippen LogP contribution in [0.25, 0.3) is 0 Å². The summed E-state index contributed by atoms with van der Waals surface area (Å²) in [5.74, 6) is 0.648. The zero-order valence-electron chi connectivity index (χ0n) is 12.4. The van der Waals surface area contributed by atoms with E-state index >= 15 is 0 Å². The summed E-state index contributed by atoms with van der Waals surface area (Å²) in [6, 6.07) is 9.39. The van der Waals surface area contributed by atoms with Crippen LogP contribution in [0.15, 0.2) is 24.3 Å². The van der Waals surface area contributed by atoms with Crippen LogP contribution >= 0.6 is 0 Å². The number of carbonyl (C=O) groups excluding carboxylic acids is 1. The Morgan fingerprint density at radius 3 is 2.40 bits per heavy atom. The minimum atomic E-state index is -0.186. The number of hydrogen-bond acceptors (Lipinski definition) is 2. The van der Waals surface area contributed by atoms with E-state index in [4.69, 9.17) is 5.26 Å². The molecule has 0 saturated carbocycles. The van der Waals surface area contributed by atoms with Crippen LogP contribution in [0.4, 0.5) is 10.5 Å². The zero-order chi connectivity index (χ0) is 15.0. The Morgan fingerprint density at radius 2 is 1.85 bits per heavy atom. The van der Waals surface area contributed by atoms with Gasteiger partial charge in [-0.25, -0.2) is 4.79 Å². The van der Waals surface area contributed by atoms with Crippen LogP contribution in [0.2, 0.25) is 0 Å². The Hall–Kier alpha value is -2.02. The van der Waals surface area contributed by atoms with E-state index < -0.39 is 0 Å². The van der Waals surface area contributed by atoms with Gasteiger partial charge in [-0.1, -0.05) is 26.0 Å². The van der Waals surface area contributed by atoms with Crippen molar-refractivity contribution in [1.29, 1.82) is 5.26 Å². The molecule has 4 heteroatoms.